The van der Waals surface area contributed by atoms with Crippen LogP contribution in [0.3, 0.4) is 0 Å². The largest absolute Gasteiger partial charge is 0.426 e. The van der Waals surface area contributed by atoms with Crippen molar-refractivity contribution in [3.8, 4) is 17.2 Å². The molecule has 1 heterocycles. The second-order valence-electron chi connectivity index (χ2n) is 4.12. The molecule has 1 aliphatic heterocycles. The molecule has 0 bridgehead atoms. The number of carbonyl (C=O) groups is 1. The van der Waals surface area contributed by atoms with Crippen molar-refractivity contribution in [2.75, 3.05) is 21.2 Å². The molecule has 6 nitrogen and oxygen atoms in total. The first-order valence-corrected chi connectivity index (χ1v) is 5.40. The molecule has 6 heteroatoms. The molecule has 0 saturated carbocycles. The summed E-state index contributed by atoms with van der Waals surface area (Å²) in [5, 5.41) is 0. The van der Waals surface area contributed by atoms with Crippen LogP contribution in [0.4, 0.5) is 4.79 Å². The van der Waals surface area contributed by atoms with Crippen molar-refractivity contribution in [1.29, 1.82) is 0 Å². The van der Waals surface area contributed by atoms with E-state index < -0.39 is 12.1 Å². The third-order valence-electron chi connectivity index (χ3n) is 2.46. The molecule has 0 fully saturated rings. The average Bonchev–Trinajstić information content (AvgIpc) is 2.67. The molecule has 0 aliphatic carbocycles. The molecule has 1 unspecified atom stereocenters. The van der Waals surface area contributed by atoms with Crippen LogP contribution in [0.25, 0.3) is 0 Å². The Bertz CT molecular complexity index is 474. The number of nitrogens with zero attached hydrogens (tertiary/aromatic N) is 1. The average molecular weight is 253 g/mol. The van der Waals surface area contributed by atoms with Gasteiger partial charge in [0.25, 0.3) is 0 Å². The molecule has 1 aromatic carbocycles. The lowest BCUT2D eigenvalue weighted by molar-refractivity contribution is -0.254. The maximum absolute atomic E-state index is 11.5. The van der Waals surface area contributed by atoms with E-state index in [1.165, 1.54) is 12.0 Å². The molecular weight excluding hydrogens is 238 g/mol. The number of ether oxygens (including phenoxy) is 4. The smallest absolute Gasteiger partial charge is 0.414 e. The molecule has 0 aromatic heterocycles. The zero-order valence-corrected chi connectivity index (χ0v) is 10.7. The van der Waals surface area contributed by atoms with Gasteiger partial charge in [-0.05, 0) is 12.1 Å². The standard InChI is InChI=1S/C12H15NO5/c1-12(15-4)17-9-7-5-6-8(10(9)18-12)16-11(14)13(2)3/h5-7H,1-4H3. The number of carbonyl (C=O) groups excluding carboxylic acids is 1. The lowest BCUT2D eigenvalue weighted by Gasteiger charge is -2.20. The molecule has 0 radical (unpaired) electrons. The third-order valence-corrected chi connectivity index (χ3v) is 2.46. The van der Waals surface area contributed by atoms with E-state index >= 15 is 0 Å². The summed E-state index contributed by atoms with van der Waals surface area (Å²) in [7, 11) is 4.67. The highest BCUT2D eigenvalue weighted by molar-refractivity contribution is 5.72. The molecule has 98 valence electrons. The van der Waals surface area contributed by atoms with E-state index in [2.05, 4.69) is 0 Å². The number of benzene rings is 1. The number of hydrogen-bond acceptors (Lipinski definition) is 5. The molecule has 0 N–H and O–H groups in total. The summed E-state index contributed by atoms with van der Waals surface area (Å²) in [6.45, 7) is 1.63. The topological polar surface area (TPSA) is 57.2 Å². The van der Waals surface area contributed by atoms with Crippen LogP contribution in [0.5, 0.6) is 17.2 Å². The quantitative estimate of drug-likeness (QED) is 0.805. The zero-order valence-electron chi connectivity index (χ0n) is 10.7. The van der Waals surface area contributed by atoms with E-state index in [0.29, 0.717) is 17.2 Å². The Morgan fingerprint density at radius 2 is 2.06 bits per heavy atom. The van der Waals surface area contributed by atoms with E-state index in [1.807, 2.05) is 0 Å². The van der Waals surface area contributed by atoms with Crippen molar-refractivity contribution in [3.05, 3.63) is 18.2 Å². The Labute approximate surface area is 105 Å². The summed E-state index contributed by atoms with van der Waals surface area (Å²) in [6, 6.07) is 5.06. The summed E-state index contributed by atoms with van der Waals surface area (Å²) in [5.74, 6) is -0.0596. The van der Waals surface area contributed by atoms with Crippen LogP contribution in [-0.2, 0) is 4.74 Å². The number of amides is 1. The third kappa shape index (κ3) is 2.19. The molecule has 0 spiro atoms. The van der Waals surface area contributed by atoms with Gasteiger partial charge in [0.1, 0.15) is 0 Å². The Morgan fingerprint density at radius 1 is 1.33 bits per heavy atom. The molecule has 1 amide bonds. The molecule has 0 saturated heterocycles. The van der Waals surface area contributed by atoms with Crippen LogP contribution in [-0.4, -0.2) is 38.2 Å². The van der Waals surface area contributed by atoms with E-state index in [-0.39, 0.29) is 0 Å². The molecule has 2 rings (SSSR count). The van der Waals surface area contributed by atoms with Crippen LogP contribution in [0.15, 0.2) is 18.2 Å². The molecule has 1 aromatic rings. The molecule has 18 heavy (non-hydrogen) atoms. The van der Waals surface area contributed by atoms with E-state index in [1.54, 1.807) is 39.2 Å². The monoisotopic (exact) mass is 253 g/mol. The Hall–Kier alpha value is -1.95. The second kappa shape index (κ2) is 4.38. The zero-order chi connectivity index (χ0) is 13.3. The number of fused-ring (bicyclic) bond motifs is 1. The minimum Gasteiger partial charge on any atom is -0.426 e. The fraction of sp³-hybridized carbons (Fsp3) is 0.417. The van der Waals surface area contributed by atoms with Crippen LogP contribution in [0, 0.1) is 0 Å². The van der Waals surface area contributed by atoms with E-state index in [0.717, 1.165) is 0 Å². The van der Waals surface area contributed by atoms with Crippen LogP contribution in [0.2, 0.25) is 0 Å². The highest BCUT2D eigenvalue weighted by Gasteiger charge is 2.39. The predicted molar refractivity (Wildman–Crippen MR) is 62.8 cm³/mol. The van der Waals surface area contributed by atoms with Gasteiger partial charge >= 0.3 is 12.1 Å². The number of rotatable bonds is 2. The first-order valence-electron chi connectivity index (χ1n) is 5.40. The predicted octanol–water partition coefficient (Wildman–Crippen LogP) is 1.84. The normalized spacial score (nSPS) is 20.7. The van der Waals surface area contributed by atoms with Crippen LogP contribution < -0.4 is 14.2 Å². The summed E-state index contributed by atoms with van der Waals surface area (Å²) in [4.78, 5) is 12.8. The molecular formula is C12H15NO5. The fourth-order valence-electron chi connectivity index (χ4n) is 1.43. The lowest BCUT2D eigenvalue weighted by Crippen LogP contribution is -2.36. The Kier molecular flexibility index (Phi) is 3.04. The van der Waals surface area contributed by atoms with Gasteiger partial charge in [-0.3, -0.25) is 0 Å². The summed E-state index contributed by atoms with van der Waals surface area (Å²) < 4.78 is 21.3. The van der Waals surface area contributed by atoms with Crippen molar-refractivity contribution in [2.24, 2.45) is 0 Å². The molecule has 1 atom stereocenters. The number of hydrogen-bond donors (Lipinski definition) is 0. The van der Waals surface area contributed by atoms with Gasteiger partial charge in [0.15, 0.2) is 11.5 Å². The van der Waals surface area contributed by atoms with Gasteiger partial charge in [0, 0.05) is 28.1 Å². The van der Waals surface area contributed by atoms with Crippen LogP contribution in [0.1, 0.15) is 6.92 Å². The second-order valence-corrected chi connectivity index (χ2v) is 4.12. The van der Waals surface area contributed by atoms with Gasteiger partial charge in [0.2, 0.25) is 5.75 Å². The van der Waals surface area contributed by atoms with Gasteiger partial charge < -0.3 is 23.8 Å². The Balaban J connectivity index is 2.26. The van der Waals surface area contributed by atoms with Crippen molar-refractivity contribution in [2.45, 2.75) is 12.9 Å². The summed E-state index contributed by atoms with van der Waals surface area (Å²) >= 11 is 0. The van der Waals surface area contributed by atoms with Crippen LogP contribution >= 0.6 is 0 Å². The molecule has 1 aliphatic rings. The summed E-state index contributed by atoms with van der Waals surface area (Å²) in [6.07, 6.45) is -0.488. The Morgan fingerprint density at radius 3 is 2.67 bits per heavy atom. The van der Waals surface area contributed by atoms with Crippen molar-refractivity contribution in [3.63, 3.8) is 0 Å². The maximum Gasteiger partial charge on any atom is 0.414 e. The maximum atomic E-state index is 11.5. The van der Waals surface area contributed by atoms with E-state index in [9.17, 15) is 4.79 Å². The highest BCUT2D eigenvalue weighted by Crippen LogP contribution is 2.46. The van der Waals surface area contributed by atoms with Gasteiger partial charge in [0.05, 0.1) is 0 Å². The van der Waals surface area contributed by atoms with E-state index in [4.69, 9.17) is 18.9 Å². The van der Waals surface area contributed by atoms with Gasteiger partial charge in [-0.2, -0.15) is 0 Å². The van der Waals surface area contributed by atoms with Crippen molar-refractivity contribution < 1.29 is 23.7 Å². The SMILES string of the molecule is COC1(C)Oc2cccc(OC(=O)N(C)C)c2O1. The number of methoxy groups -OCH3 is 1. The van der Waals surface area contributed by atoms with Gasteiger partial charge in [-0.25, -0.2) is 4.79 Å². The minimum atomic E-state index is -1.19. The first-order chi connectivity index (χ1) is 8.45. The first kappa shape index (κ1) is 12.5. The van der Waals surface area contributed by atoms with Crippen molar-refractivity contribution >= 4 is 6.09 Å². The lowest BCUT2D eigenvalue weighted by atomic mass is 10.3. The fourth-order valence-corrected chi connectivity index (χ4v) is 1.43. The minimum absolute atomic E-state index is 0.298. The highest BCUT2D eigenvalue weighted by atomic mass is 16.9. The number of para-hydroxylation sites is 1. The van der Waals surface area contributed by atoms with Gasteiger partial charge in [-0.15, -0.1) is 0 Å². The van der Waals surface area contributed by atoms with Gasteiger partial charge in [-0.1, -0.05) is 6.07 Å². The van der Waals surface area contributed by atoms with Crippen molar-refractivity contribution in [1.82, 2.24) is 4.90 Å². The summed E-state index contributed by atoms with van der Waals surface area (Å²) in [5.41, 5.74) is 0.